The van der Waals surface area contributed by atoms with Crippen molar-refractivity contribution in [1.82, 2.24) is 15.3 Å². The highest BCUT2D eigenvalue weighted by Crippen LogP contribution is 2.33. The maximum Gasteiger partial charge on any atom is 0.255 e. The van der Waals surface area contributed by atoms with Crippen molar-refractivity contribution in [3.8, 4) is 29.5 Å². The summed E-state index contributed by atoms with van der Waals surface area (Å²) in [5.41, 5.74) is 1.75. The minimum atomic E-state index is -1.54. The monoisotopic (exact) mass is 444 g/mol. The average Bonchev–Trinajstić information content (AvgIpc) is 3.13. The molecule has 3 atom stereocenters. The van der Waals surface area contributed by atoms with Crippen molar-refractivity contribution in [3.63, 3.8) is 0 Å². The molecule has 0 aliphatic carbocycles. The van der Waals surface area contributed by atoms with Crippen molar-refractivity contribution in [2.24, 2.45) is 5.92 Å². The number of carbonyl (C=O) groups is 1. The van der Waals surface area contributed by atoms with Crippen molar-refractivity contribution in [2.75, 3.05) is 13.7 Å². The second kappa shape index (κ2) is 9.54. The van der Waals surface area contributed by atoms with Crippen LogP contribution in [0.1, 0.15) is 30.0 Å². The number of rotatable bonds is 5. The molecule has 0 spiro atoms. The topological polar surface area (TPSA) is 97.1 Å². The minimum absolute atomic E-state index is 0.0666. The van der Waals surface area contributed by atoms with E-state index in [4.69, 9.17) is 9.47 Å². The molecule has 4 rings (SSSR count). The Bertz CT molecular complexity index is 1290. The Balaban J connectivity index is 1.73. The number of aromatic nitrogens is 2. The molecule has 1 aliphatic rings. The molecule has 0 unspecified atom stereocenters. The molecule has 8 heteroatoms. The number of ether oxygens (including phenoxy) is 2. The largest absolute Gasteiger partial charge is 0.495 e. The Morgan fingerprint density at radius 3 is 2.67 bits per heavy atom. The fourth-order valence-corrected chi connectivity index (χ4v) is 3.88. The van der Waals surface area contributed by atoms with Crippen LogP contribution in [-0.2, 0) is 4.79 Å². The maximum absolute atomic E-state index is 14.1. The summed E-state index contributed by atoms with van der Waals surface area (Å²) in [6, 6.07) is 8.62. The number of hydrogen-bond donors (Lipinski definition) is 1. The van der Waals surface area contributed by atoms with Crippen LogP contribution in [0.5, 0.6) is 11.6 Å². The third-order valence-electron chi connectivity index (χ3n) is 5.66. The molecule has 33 heavy (non-hydrogen) atoms. The van der Waals surface area contributed by atoms with Gasteiger partial charge in [-0.3, -0.25) is 9.78 Å². The molecule has 2 aromatic heterocycles. The molecule has 3 heterocycles. The molecule has 166 valence electrons. The second-order valence-corrected chi connectivity index (χ2v) is 7.57. The summed E-state index contributed by atoms with van der Waals surface area (Å²) >= 11 is 0. The van der Waals surface area contributed by atoms with Gasteiger partial charge in [0, 0.05) is 40.8 Å². The molecule has 7 nitrogen and oxygen atoms in total. The molecular weight excluding hydrogens is 423 g/mol. The van der Waals surface area contributed by atoms with Crippen LogP contribution in [0.2, 0.25) is 0 Å². The van der Waals surface area contributed by atoms with Crippen LogP contribution in [0, 0.1) is 29.1 Å². The van der Waals surface area contributed by atoms with Gasteiger partial charge in [0.1, 0.15) is 18.4 Å². The van der Waals surface area contributed by atoms with E-state index in [-0.39, 0.29) is 12.5 Å². The highest BCUT2D eigenvalue weighted by atomic mass is 19.1. The zero-order chi connectivity index (χ0) is 23.4. The van der Waals surface area contributed by atoms with Gasteiger partial charge in [-0.2, -0.15) is 5.26 Å². The fraction of sp³-hybridized carbons (Fsp3) is 0.280. The van der Waals surface area contributed by atoms with Crippen molar-refractivity contribution in [1.29, 1.82) is 5.26 Å². The van der Waals surface area contributed by atoms with Crippen LogP contribution in [-0.4, -0.2) is 41.8 Å². The van der Waals surface area contributed by atoms with Crippen LogP contribution in [0.4, 0.5) is 4.39 Å². The lowest BCUT2D eigenvalue weighted by molar-refractivity contribution is -0.123. The molecule has 1 aromatic carbocycles. The van der Waals surface area contributed by atoms with E-state index in [1.54, 1.807) is 42.9 Å². The summed E-state index contributed by atoms with van der Waals surface area (Å²) in [7, 11) is 1.48. The number of hydrogen-bond acceptors (Lipinski definition) is 6. The van der Waals surface area contributed by atoms with Crippen molar-refractivity contribution >= 4 is 16.7 Å². The first-order valence-corrected chi connectivity index (χ1v) is 10.5. The lowest BCUT2D eigenvalue weighted by Gasteiger charge is -2.19. The zero-order valence-electron chi connectivity index (χ0n) is 18.1. The van der Waals surface area contributed by atoms with E-state index >= 15 is 0 Å². The molecule has 1 saturated heterocycles. The number of carbonyl (C=O) groups excluding carboxylic acids is 1. The summed E-state index contributed by atoms with van der Waals surface area (Å²) < 4.78 is 25.4. The average molecular weight is 444 g/mol. The highest BCUT2D eigenvalue weighted by Gasteiger charge is 2.41. The first-order chi connectivity index (χ1) is 16.0. The van der Waals surface area contributed by atoms with Gasteiger partial charge in [-0.05, 0) is 30.7 Å². The number of halogens is 1. The quantitative estimate of drug-likeness (QED) is 0.608. The molecule has 1 N–H and O–H groups in total. The first kappa shape index (κ1) is 22.0. The van der Waals surface area contributed by atoms with Crippen LogP contribution >= 0.6 is 0 Å². The van der Waals surface area contributed by atoms with Gasteiger partial charge in [0.2, 0.25) is 5.88 Å². The number of amides is 1. The van der Waals surface area contributed by atoms with Gasteiger partial charge in [-0.15, -0.1) is 0 Å². The van der Waals surface area contributed by atoms with E-state index in [0.29, 0.717) is 34.1 Å². The van der Waals surface area contributed by atoms with E-state index < -0.39 is 24.0 Å². The molecule has 3 aromatic rings. The molecule has 1 fully saturated rings. The normalized spacial score (nSPS) is 19.3. The Morgan fingerprint density at radius 2 is 1.97 bits per heavy atom. The van der Waals surface area contributed by atoms with E-state index in [0.717, 1.165) is 5.56 Å². The standard InChI is InChI=1S/C25H21FN4O3/c1-3-18-21(30-24(31)23(18)26)14-33-25-20-11-22(32-2)17(12-27)10-19(20)16(13-29-25)5-4-15-6-8-28-9-7-15/h6-11,13,18,21,23H,3,14H2,1-2H3,(H,30,31)/t18-,21+,23-/m0/s1. The fourth-order valence-electron chi connectivity index (χ4n) is 3.88. The van der Waals surface area contributed by atoms with Crippen molar-refractivity contribution in [2.45, 2.75) is 25.6 Å². The molecule has 0 bridgehead atoms. The second-order valence-electron chi connectivity index (χ2n) is 7.57. The molecule has 0 saturated carbocycles. The number of nitrogens with one attached hydrogen (secondary N) is 1. The van der Waals surface area contributed by atoms with E-state index in [1.807, 2.05) is 6.92 Å². The number of alkyl halides is 1. The number of fused-ring (bicyclic) bond motifs is 1. The summed E-state index contributed by atoms with van der Waals surface area (Å²) in [5.74, 6) is 5.74. The van der Waals surface area contributed by atoms with Gasteiger partial charge in [-0.25, -0.2) is 9.37 Å². The van der Waals surface area contributed by atoms with Gasteiger partial charge in [-0.1, -0.05) is 18.8 Å². The minimum Gasteiger partial charge on any atom is -0.495 e. The summed E-state index contributed by atoms with van der Waals surface area (Å²) in [6.07, 6.45) is 3.84. The Morgan fingerprint density at radius 1 is 1.18 bits per heavy atom. The van der Waals surface area contributed by atoms with E-state index in [9.17, 15) is 14.4 Å². The Hall–Kier alpha value is -4.17. The van der Waals surface area contributed by atoms with Gasteiger partial charge in [0.15, 0.2) is 6.17 Å². The molecule has 1 amide bonds. The number of nitriles is 1. The van der Waals surface area contributed by atoms with Crippen molar-refractivity contribution in [3.05, 3.63) is 59.5 Å². The van der Waals surface area contributed by atoms with E-state index in [1.165, 1.54) is 7.11 Å². The van der Waals surface area contributed by atoms with Crippen molar-refractivity contribution < 1.29 is 18.7 Å². The Kier molecular flexibility index (Phi) is 6.37. The summed E-state index contributed by atoms with van der Waals surface area (Å²) in [6.45, 7) is 1.90. The SMILES string of the molecule is CC[C@@H]1[C@H](F)C(=O)N[C@@H]1COc1ncc(C#Cc2ccncc2)c2cc(C#N)c(OC)cc12. The van der Waals surface area contributed by atoms with E-state index in [2.05, 4.69) is 33.2 Å². The number of nitrogens with zero attached hydrogens (tertiary/aromatic N) is 3. The van der Waals surface area contributed by atoms with Crippen LogP contribution < -0.4 is 14.8 Å². The number of pyridine rings is 2. The third-order valence-corrected chi connectivity index (χ3v) is 5.66. The van der Waals surface area contributed by atoms with Gasteiger partial charge in [0.05, 0.1) is 24.3 Å². The number of benzene rings is 1. The summed E-state index contributed by atoms with van der Waals surface area (Å²) in [5, 5.41) is 13.5. The lowest BCUT2D eigenvalue weighted by Crippen LogP contribution is -2.34. The van der Waals surface area contributed by atoms with Crippen LogP contribution in [0.25, 0.3) is 10.8 Å². The molecular formula is C25H21FN4O3. The van der Waals surface area contributed by atoms with Crippen LogP contribution in [0.3, 0.4) is 0 Å². The number of methoxy groups -OCH3 is 1. The maximum atomic E-state index is 14.1. The van der Waals surface area contributed by atoms with Gasteiger partial charge in [0.25, 0.3) is 5.91 Å². The molecule has 0 radical (unpaired) electrons. The van der Waals surface area contributed by atoms with Crippen LogP contribution in [0.15, 0.2) is 42.9 Å². The lowest BCUT2D eigenvalue weighted by atomic mass is 9.97. The summed E-state index contributed by atoms with van der Waals surface area (Å²) in [4.78, 5) is 20.1. The molecule has 1 aliphatic heterocycles. The van der Waals surface area contributed by atoms with Gasteiger partial charge < -0.3 is 14.8 Å². The Labute approximate surface area is 190 Å². The predicted molar refractivity (Wildman–Crippen MR) is 119 cm³/mol. The predicted octanol–water partition coefficient (Wildman–Crippen LogP) is 3.15. The first-order valence-electron chi connectivity index (χ1n) is 10.5. The zero-order valence-corrected chi connectivity index (χ0v) is 18.1. The third kappa shape index (κ3) is 4.42. The van der Waals surface area contributed by atoms with Gasteiger partial charge >= 0.3 is 0 Å². The highest BCUT2D eigenvalue weighted by molar-refractivity contribution is 5.94. The smallest absolute Gasteiger partial charge is 0.255 e.